The minimum absolute atomic E-state index is 0.0390. The van der Waals surface area contributed by atoms with Crippen molar-refractivity contribution in [1.29, 1.82) is 0 Å². The third-order valence-electron chi connectivity index (χ3n) is 5.02. The Kier molecular flexibility index (Phi) is 4.41. The molecule has 3 heteroatoms. The van der Waals surface area contributed by atoms with Crippen molar-refractivity contribution in [3.63, 3.8) is 0 Å². The number of hydrogen-bond acceptors (Lipinski definition) is 2. The van der Waals surface area contributed by atoms with E-state index in [0.717, 1.165) is 12.8 Å². The SMILES string of the molecule is C=C(CC1CCC1)C(=O)C1C(=O)NCC1Cc1ccccc1. The average Bonchev–Trinajstić information content (AvgIpc) is 2.84. The number of allylic oxidation sites excluding steroid dienone is 1. The lowest BCUT2D eigenvalue weighted by atomic mass is 9.77. The number of nitrogens with one attached hydrogen (secondary N) is 1. The van der Waals surface area contributed by atoms with Gasteiger partial charge in [0.2, 0.25) is 5.91 Å². The van der Waals surface area contributed by atoms with Gasteiger partial charge in [-0.1, -0.05) is 56.2 Å². The van der Waals surface area contributed by atoms with Crippen LogP contribution < -0.4 is 5.32 Å². The van der Waals surface area contributed by atoms with Gasteiger partial charge < -0.3 is 5.32 Å². The molecular weight excluding hydrogens is 274 g/mol. The maximum Gasteiger partial charge on any atom is 0.231 e. The van der Waals surface area contributed by atoms with Crippen molar-refractivity contribution in [2.75, 3.05) is 6.54 Å². The fourth-order valence-corrected chi connectivity index (χ4v) is 3.48. The van der Waals surface area contributed by atoms with Crippen LogP contribution in [0.3, 0.4) is 0 Å². The summed E-state index contributed by atoms with van der Waals surface area (Å²) < 4.78 is 0. The Morgan fingerprint density at radius 2 is 1.95 bits per heavy atom. The van der Waals surface area contributed by atoms with E-state index in [9.17, 15) is 9.59 Å². The highest BCUT2D eigenvalue weighted by Crippen LogP contribution is 2.34. The summed E-state index contributed by atoms with van der Waals surface area (Å²) in [5.74, 6) is -0.0645. The van der Waals surface area contributed by atoms with E-state index in [4.69, 9.17) is 0 Å². The van der Waals surface area contributed by atoms with Crippen molar-refractivity contribution >= 4 is 11.7 Å². The van der Waals surface area contributed by atoms with Crippen LogP contribution in [0.15, 0.2) is 42.5 Å². The fourth-order valence-electron chi connectivity index (χ4n) is 3.48. The van der Waals surface area contributed by atoms with Gasteiger partial charge in [-0.15, -0.1) is 0 Å². The molecule has 0 bridgehead atoms. The molecule has 1 saturated heterocycles. The minimum atomic E-state index is -0.548. The Labute approximate surface area is 131 Å². The average molecular weight is 297 g/mol. The molecule has 0 radical (unpaired) electrons. The zero-order valence-corrected chi connectivity index (χ0v) is 12.9. The highest BCUT2D eigenvalue weighted by atomic mass is 16.2. The van der Waals surface area contributed by atoms with Crippen molar-refractivity contribution in [1.82, 2.24) is 5.32 Å². The molecule has 0 spiro atoms. The quantitative estimate of drug-likeness (QED) is 0.648. The number of carbonyl (C=O) groups excluding carboxylic acids is 2. The number of Topliss-reactive ketones (excluding diaryl/α,β-unsaturated/α-hetero) is 1. The number of hydrogen-bond donors (Lipinski definition) is 1. The molecule has 1 aromatic rings. The van der Waals surface area contributed by atoms with Crippen LogP contribution in [0.1, 0.15) is 31.2 Å². The van der Waals surface area contributed by atoms with Crippen LogP contribution in [-0.2, 0) is 16.0 Å². The first-order chi connectivity index (χ1) is 10.6. The first kappa shape index (κ1) is 15.0. The van der Waals surface area contributed by atoms with E-state index in [0.29, 0.717) is 18.0 Å². The molecule has 2 unspecified atom stereocenters. The number of benzene rings is 1. The predicted octanol–water partition coefficient (Wildman–Crippen LogP) is 2.91. The molecule has 1 aliphatic heterocycles. The molecule has 0 aromatic heterocycles. The Balaban J connectivity index is 1.67. The van der Waals surface area contributed by atoms with Gasteiger partial charge in [-0.2, -0.15) is 0 Å². The smallest absolute Gasteiger partial charge is 0.231 e. The highest BCUT2D eigenvalue weighted by molar-refractivity contribution is 6.10. The Bertz CT molecular complexity index is 574. The molecule has 1 amide bonds. The van der Waals surface area contributed by atoms with E-state index in [1.807, 2.05) is 30.3 Å². The van der Waals surface area contributed by atoms with Crippen molar-refractivity contribution in [2.24, 2.45) is 17.8 Å². The molecule has 2 fully saturated rings. The summed E-state index contributed by atoms with van der Waals surface area (Å²) in [6, 6.07) is 10.1. The lowest BCUT2D eigenvalue weighted by Gasteiger charge is -2.26. The van der Waals surface area contributed by atoms with Crippen LogP contribution in [0.4, 0.5) is 0 Å². The Morgan fingerprint density at radius 1 is 1.23 bits per heavy atom. The van der Waals surface area contributed by atoms with Crippen molar-refractivity contribution in [3.05, 3.63) is 48.0 Å². The maximum absolute atomic E-state index is 12.7. The van der Waals surface area contributed by atoms with Crippen molar-refractivity contribution in [3.8, 4) is 0 Å². The Morgan fingerprint density at radius 3 is 2.59 bits per heavy atom. The Hall–Kier alpha value is -1.90. The normalized spacial score (nSPS) is 24.6. The molecule has 1 aromatic carbocycles. The number of amides is 1. The fraction of sp³-hybridized carbons (Fsp3) is 0.474. The summed E-state index contributed by atoms with van der Waals surface area (Å²) in [5.41, 5.74) is 1.82. The van der Waals surface area contributed by atoms with Crippen molar-refractivity contribution in [2.45, 2.75) is 32.1 Å². The zero-order valence-electron chi connectivity index (χ0n) is 12.9. The van der Waals surface area contributed by atoms with Crippen LogP contribution in [-0.4, -0.2) is 18.2 Å². The lowest BCUT2D eigenvalue weighted by molar-refractivity contribution is -0.131. The molecule has 1 saturated carbocycles. The molecule has 1 heterocycles. The van der Waals surface area contributed by atoms with Crippen LogP contribution in [0.5, 0.6) is 0 Å². The molecule has 2 atom stereocenters. The lowest BCUT2D eigenvalue weighted by Crippen LogP contribution is -2.30. The molecule has 1 aliphatic carbocycles. The van der Waals surface area contributed by atoms with Crippen LogP contribution in [0, 0.1) is 17.8 Å². The van der Waals surface area contributed by atoms with E-state index in [-0.39, 0.29) is 17.6 Å². The molecular formula is C19H23NO2. The van der Waals surface area contributed by atoms with Crippen LogP contribution >= 0.6 is 0 Å². The number of ketones is 1. The molecule has 2 aliphatic rings. The van der Waals surface area contributed by atoms with E-state index in [1.165, 1.54) is 24.8 Å². The van der Waals surface area contributed by atoms with E-state index in [1.54, 1.807) is 0 Å². The van der Waals surface area contributed by atoms with Crippen LogP contribution in [0.2, 0.25) is 0 Å². The second-order valence-corrected chi connectivity index (χ2v) is 6.64. The zero-order chi connectivity index (χ0) is 15.5. The molecule has 3 rings (SSSR count). The second kappa shape index (κ2) is 6.47. The van der Waals surface area contributed by atoms with Crippen molar-refractivity contribution < 1.29 is 9.59 Å². The number of rotatable bonds is 6. The summed E-state index contributed by atoms with van der Waals surface area (Å²) in [4.78, 5) is 24.8. The molecule has 1 N–H and O–H groups in total. The monoisotopic (exact) mass is 297 g/mol. The maximum atomic E-state index is 12.7. The largest absolute Gasteiger partial charge is 0.355 e. The van der Waals surface area contributed by atoms with Gasteiger partial charge in [-0.3, -0.25) is 9.59 Å². The summed E-state index contributed by atoms with van der Waals surface area (Å²) >= 11 is 0. The molecule has 3 nitrogen and oxygen atoms in total. The van der Waals surface area contributed by atoms with Gasteiger partial charge in [-0.25, -0.2) is 0 Å². The van der Waals surface area contributed by atoms with E-state index in [2.05, 4.69) is 11.9 Å². The van der Waals surface area contributed by atoms with Gasteiger partial charge >= 0.3 is 0 Å². The van der Waals surface area contributed by atoms with E-state index >= 15 is 0 Å². The van der Waals surface area contributed by atoms with Gasteiger partial charge in [0.15, 0.2) is 5.78 Å². The first-order valence-corrected chi connectivity index (χ1v) is 8.19. The van der Waals surface area contributed by atoms with Crippen LogP contribution in [0.25, 0.3) is 0 Å². The summed E-state index contributed by atoms with van der Waals surface area (Å²) in [6.07, 6.45) is 5.16. The standard InChI is InChI=1S/C19H23NO2/c1-13(10-14-8-5-9-14)18(21)17-16(12-20-19(17)22)11-15-6-3-2-4-7-15/h2-4,6-7,14,16-17H,1,5,8-12H2,(H,20,22). The van der Waals surface area contributed by atoms with Gasteiger partial charge in [0.05, 0.1) is 0 Å². The topological polar surface area (TPSA) is 46.2 Å². The highest BCUT2D eigenvalue weighted by Gasteiger charge is 2.40. The van der Waals surface area contributed by atoms with Gasteiger partial charge in [-0.05, 0) is 35.8 Å². The third kappa shape index (κ3) is 3.13. The second-order valence-electron chi connectivity index (χ2n) is 6.64. The molecule has 116 valence electrons. The summed E-state index contributed by atoms with van der Waals surface area (Å²) in [7, 11) is 0. The van der Waals surface area contributed by atoms with Gasteiger partial charge in [0.25, 0.3) is 0 Å². The van der Waals surface area contributed by atoms with Gasteiger partial charge in [0.1, 0.15) is 5.92 Å². The molecule has 22 heavy (non-hydrogen) atoms. The minimum Gasteiger partial charge on any atom is -0.355 e. The predicted molar refractivity (Wildman–Crippen MR) is 86.2 cm³/mol. The van der Waals surface area contributed by atoms with Gasteiger partial charge in [0, 0.05) is 6.54 Å². The summed E-state index contributed by atoms with van der Waals surface area (Å²) in [6.45, 7) is 4.55. The first-order valence-electron chi connectivity index (χ1n) is 8.19. The third-order valence-corrected chi connectivity index (χ3v) is 5.02. The number of carbonyl (C=O) groups is 2. The summed E-state index contributed by atoms with van der Waals surface area (Å²) in [5, 5.41) is 2.86. The van der Waals surface area contributed by atoms with E-state index < -0.39 is 5.92 Å².